The summed E-state index contributed by atoms with van der Waals surface area (Å²) >= 11 is 5.90. The van der Waals surface area contributed by atoms with E-state index in [4.69, 9.17) is 25.7 Å². The van der Waals surface area contributed by atoms with E-state index in [1.165, 1.54) is 19.4 Å². The van der Waals surface area contributed by atoms with Gasteiger partial charge in [-0.25, -0.2) is 10.5 Å². The normalized spacial score (nSPS) is 28.7. The lowest BCUT2D eigenvalue weighted by molar-refractivity contribution is -0.286. The highest BCUT2D eigenvalue weighted by Gasteiger charge is 2.57. The molecule has 0 aliphatic carbocycles. The van der Waals surface area contributed by atoms with Crippen molar-refractivity contribution in [2.24, 2.45) is 0 Å². The van der Waals surface area contributed by atoms with Crippen molar-refractivity contribution < 1.29 is 29.4 Å². The second-order valence-electron chi connectivity index (χ2n) is 5.49. The van der Waals surface area contributed by atoms with Crippen molar-refractivity contribution in [1.29, 1.82) is 0 Å². The molecule has 4 N–H and O–H groups in total. The average Bonchev–Trinajstić information content (AvgIpc) is 3.31. The van der Waals surface area contributed by atoms with Gasteiger partial charge in [0.2, 0.25) is 5.28 Å². The van der Waals surface area contributed by atoms with E-state index in [2.05, 4.69) is 25.6 Å². The van der Waals surface area contributed by atoms with Gasteiger partial charge in [-0.05, 0) is 11.6 Å². The second-order valence-corrected chi connectivity index (χ2v) is 5.83. The fourth-order valence-electron chi connectivity index (χ4n) is 2.79. The predicted molar refractivity (Wildman–Crippen MR) is 83.5 cm³/mol. The molecule has 2 unspecified atom stereocenters. The van der Waals surface area contributed by atoms with Gasteiger partial charge in [-0.3, -0.25) is 9.40 Å². The van der Waals surface area contributed by atoms with E-state index in [-0.39, 0.29) is 28.0 Å². The number of ether oxygens (including phenoxy) is 1. The minimum Gasteiger partial charge on any atom is -0.387 e. The molecule has 0 saturated carbocycles. The Morgan fingerprint density at radius 1 is 1.38 bits per heavy atom. The van der Waals surface area contributed by atoms with Crippen LogP contribution in [0.1, 0.15) is 11.8 Å². The lowest BCUT2D eigenvalue weighted by Crippen LogP contribution is -2.45. The van der Waals surface area contributed by atoms with Crippen LogP contribution in [0.15, 0.2) is 23.2 Å². The van der Waals surface area contributed by atoms with Gasteiger partial charge in [0, 0.05) is 6.07 Å². The van der Waals surface area contributed by atoms with Gasteiger partial charge >= 0.3 is 0 Å². The third kappa shape index (κ3) is 2.43. The van der Waals surface area contributed by atoms with Gasteiger partial charge in [0.15, 0.2) is 23.1 Å². The van der Waals surface area contributed by atoms with Gasteiger partial charge < -0.3 is 24.6 Å². The smallest absolute Gasteiger partial charge is 0.286 e. The fraction of sp³-hybridized carbons (Fsp3) is 0.385. The minimum absolute atomic E-state index is 0.0408. The first kappa shape index (κ1) is 17.1. The Balaban J connectivity index is 1.82. The van der Waals surface area contributed by atoms with E-state index in [0.717, 1.165) is 10.9 Å². The molecule has 0 radical (unpaired) electrons. The van der Waals surface area contributed by atoms with Crippen molar-refractivity contribution in [3.05, 3.63) is 29.6 Å². The van der Waals surface area contributed by atoms with Crippen LogP contribution < -0.4 is 5.48 Å². The van der Waals surface area contributed by atoms with Crippen molar-refractivity contribution in [2.75, 3.05) is 12.6 Å². The maximum Gasteiger partial charge on any atom is 0.286 e. The SMILES string of the molecule is CONc1nc(Cl)nc2c1ncn2C1(O)OC(c2ccon2)[C@@H](O)[C@H]1O. The van der Waals surface area contributed by atoms with Crippen LogP contribution in [0.2, 0.25) is 5.28 Å². The van der Waals surface area contributed by atoms with Crippen molar-refractivity contribution in [3.63, 3.8) is 0 Å². The zero-order valence-corrected chi connectivity index (χ0v) is 13.9. The molecule has 26 heavy (non-hydrogen) atoms. The first-order valence-corrected chi connectivity index (χ1v) is 7.70. The van der Waals surface area contributed by atoms with E-state index in [9.17, 15) is 15.3 Å². The van der Waals surface area contributed by atoms with Gasteiger partial charge in [-0.15, -0.1) is 0 Å². The number of aromatic nitrogens is 5. The van der Waals surface area contributed by atoms with Gasteiger partial charge in [0.05, 0.1) is 7.11 Å². The monoisotopic (exact) mass is 384 g/mol. The van der Waals surface area contributed by atoms with Crippen LogP contribution in [-0.2, 0) is 15.5 Å². The lowest BCUT2D eigenvalue weighted by Gasteiger charge is -2.27. The third-order valence-corrected chi connectivity index (χ3v) is 4.15. The molecule has 4 heterocycles. The number of rotatable bonds is 4. The highest BCUT2D eigenvalue weighted by atomic mass is 35.5. The van der Waals surface area contributed by atoms with Crippen LogP contribution in [0.3, 0.4) is 0 Å². The number of nitrogens with one attached hydrogen (secondary N) is 1. The zero-order chi connectivity index (χ0) is 18.5. The molecule has 13 heteroatoms. The Kier molecular flexibility index (Phi) is 4.02. The molecule has 1 fully saturated rings. The molecule has 12 nitrogen and oxygen atoms in total. The molecular formula is C13H13ClN6O6. The number of aliphatic hydroxyl groups excluding tert-OH is 2. The zero-order valence-electron chi connectivity index (χ0n) is 13.1. The highest BCUT2D eigenvalue weighted by Crippen LogP contribution is 2.42. The summed E-state index contributed by atoms with van der Waals surface area (Å²) in [5, 5.41) is 35.1. The average molecular weight is 385 g/mol. The summed E-state index contributed by atoms with van der Waals surface area (Å²) in [7, 11) is 1.37. The summed E-state index contributed by atoms with van der Waals surface area (Å²) in [5.41, 5.74) is 2.93. The number of fused-ring (bicyclic) bond motifs is 1. The van der Waals surface area contributed by atoms with Crippen LogP contribution in [0.4, 0.5) is 5.82 Å². The Morgan fingerprint density at radius 3 is 2.88 bits per heavy atom. The largest absolute Gasteiger partial charge is 0.387 e. The van der Waals surface area contributed by atoms with Crippen LogP contribution in [0.25, 0.3) is 11.2 Å². The number of halogens is 1. The highest BCUT2D eigenvalue weighted by molar-refractivity contribution is 6.28. The number of aliphatic hydroxyl groups is 3. The maximum atomic E-state index is 10.9. The maximum absolute atomic E-state index is 10.9. The summed E-state index contributed by atoms with van der Waals surface area (Å²) in [6.45, 7) is 0. The van der Waals surface area contributed by atoms with E-state index in [1.807, 2.05) is 0 Å². The molecule has 0 amide bonds. The predicted octanol–water partition coefficient (Wildman–Crippen LogP) is -0.463. The van der Waals surface area contributed by atoms with E-state index >= 15 is 0 Å². The van der Waals surface area contributed by atoms with Gasteiger partial charge in [-0.1, -0.05) is 5.16 Å². The molecule has 1 aliphatic heterocycles. The van der Waals surface area contributed by atoms with Crippen molar-refractivity contribution in [2.45, 2.75) is 24.2 Å². The minimum atomic E-state index is -2.39. The van der Waals surface area contributed by atoms with Crippen molar-refractivity contribution in [1.82, 2.24) is 24.7 Å². The lowest BCUT2D eigenvalue weighted by atomic mass is 10.1. The molecule has 3 aromatic rings. The van der Waals surface area contributed by atoms with Crippen molar-refractivity contribution in [3.8, 4) is 0 Å². The summed E-state index contributed by atoms with van der Waals surface area (Å²) in [6, 6.07) is 1.44. The number of hydrogen-bond acceptors (Lipinski definition) is 11. The van der Waals surface area contributed by atoms with E-state index in [1.54, 1.807) is 0 Å². The van der Waals surface area contributed by atoms with Gasteiger partial charge in [0.1, 0.15) is 30.5 Å². The number of anilines is 1. The summed E-state index contributed by atoms with van der Waals surface area (Å²) in [5.74, 6) is -2.24. The standard InChI is InChI=1S/C13H13ClN6O6/c1-24-19-10-6-11(17-12(14)16-10)20(4-15-6)13(23)9(22)7(21)8(26-13)5-2-3-25-18-5/h2-4,7-9,21-23H,1H3,(H,16,17,19)/t7-,8?,9-,13?/m1/s1. The Morgan fingerprint density at radius 2 is 2.19 bits per heavy atom. The fourth-order valence-corrected chi connectivity index (χ4v) is 2.96. The van der Waals surface area contributed by atoms with Crippen LogP contribution in [-0.4, -0.2) is 59.3 Å². The Hall–Kier alpha value is -2.35. The first-order chi connectivity index (χ1) is 12.5. The molecule has 0 bridgehead atoms. The van der Waals surface area contributed by atoms with Crippen LogP contribution >= 0.6 is 11.6 Å². The molecule has 138 valence electrons. The summed E-state index contributed by atoms with van der Waals surface area (Å²) in [4.78, 5) is 16.8. The summed E-state index contributed by atoms with van der Waals surface area (Å²) < 4.78 is 11.3. The molecule has 4 atom stereocenters. The molecular weight excluding hydrogens is 372 g/mol. The third-order valence-electron chi connectivity index (χ3n) is 3.98. The van der Waals surface area contributed by atoms with Crippen LogP contribution in [0, 0.1) is 0 Å². The number of nitrogens with zero attached hydrogens (tertiary/aromatic N) is 5. The molecule has 3 aromatic heterocycles. The summed E-state index contributed by atoms with van der Waals surface area (Å²) in [6.07, 6.45) is -1.93. The van der Waals surface area contributed by atoms with Gasteiger partial charge in [0.25, 0.3) is 5.91 Å². The molecule has 4 rings (SSSR count). The van der Waals surface area contributed by atoms with Crippen molar-refractivity contribution >= 4 is 28.6 Å². The number of imidazole rings is 1. The topological polar surface area (TPSA) is 161 Å². The molecule has 0 aromatic carbocycles. The Labute approximate surface area is 149 Å². The number of hydrogen-bond donors (Lipinski definition) is 4. The molecule has 1 aliphatic rings. The van der Waals surface area contributed by atoms with Crippen LogP contribution in [0.5, 0.6) is 0 Å². The van der Waals surface area contributed by atoms with E-state index in [0.29, 0.717) is 0 Å². The van der Waals surface area contributed by atoms with Gasteiger partial charge in [-0.2, -0.15) is 9.97 Å². The van der Waals surface area contributed by atoms with E-state index < -0.39 is 24.2 Å². The Bertz CT molecular complexity index is 935. The molecule has 1 saturated heterocycles. The molecule has 0 spiro atoms. The first-order valence-electron chi connectivity index (χ1n) is 7.32. The quantitative estimate of drug-likeness (QED) is 0.340. The second kappa shape index (κ2) is 6.12.